The van der Waals surface area contributed by atoms with E-state index in [4.69, 9.17) is 10.5 Å². The fourth-order valence-corrected chi connectivity index (χ4v) is 5.88. The van der Waals surface area contributed by atoms with Crippen LogP contribution in [0.4, 0.5) is 5.82 Å². The van der Waals surface area contributed by atoms with Gasteiger partial charge in [-0.1, -0.05) is 25.2 Å². The number of likely N-dealkylation sites (N-methyl/N-ethyl adjacent to an activating group) is 1. The summed E-state index contributed by atoms with van der Waals surface area (Å²) in [5.41, 5.74) is 5.58. The monoisotopic (exact) mass is 484 g/mol. The minimum Gasteiger partial charge on any atom is -0.387 e. The molecule has 1 amide bonds. The van der Waals surface area contributed by atoms with Crippen molar-refractivity contribution in [1.82, 2.24) is 24.8 Å². The van der Waals surface area contributed by atoms with E-state index in [0.717, 1.165) is 32.1 Å². The molecule has 0 spiro atoms. The lowest BCUT2D eigenvalue weighted by Crippen LogP contribution is -2.45. The molecule has 3 aliphatic rings. The SMILES string of the molecule is CCNC(=O)C1OC(n2cnc3c(N)nc(C#CC4(O)CCCC5CCCCC54)nc32)C(O)C1O. The fraction of sp³-hybridized carbons (Fsp3) is 0.667. The van der Waals surface area contributed by atoms with Gasteiger partial charge in [-0.2, -0.15) is 0 Å². The molecule has 2 saturated carbocycles. The molecule has 188 valence electrons. The first kappa shape index (κ1) is 23.9. The second-order valence-electron chi connectivity index (χ2n) is 9.80. The van der Waals surface area contributed by atoms with Crippen LogP contribution in [0.15, 0.2) is 6.33 Å². The number of carbonyl (C=O) groups excluding carboxylic acids is 1. The zero-order valence-corrected chi connectivity index (χ0v) is 19.7. The number of nitrogens with one attached hydrogen (secondary N) is 1. The van der Waals surface area contributed by atoms with Crippen molar-refractivity contribution in [2.24, 2.45) is 11.8 Å². The standard InChI is InChI=1S/C24H32N6O5/c1-2-26-22(33)19-17(31)18(32)23(35-19)30-12-27-16-20(25)28-15(29-21(16)30)9-11-24(34)10-5-7-13-6-3-4-8-14(13)24/h12-14,17-19,23,31-32,34H,2-8,10H2,1H3,(H,26,33)(H2,25,28,29). The molecule has 7 unspecified atom stereocenters. The van der Waals surface area contributed by atoms with E-state index in [2.05, 4.69) is 32.1 Å². The number of fused-ring (bicyclic) bond motifs is 2. The van der Waals surface area contributed by atoms with E-state index in [0.29, 0.717) is 18.9 Å². The molecule has 11 heteroatoms. The highest BCUT2D eigenvalue weighted by Gasteiger charge is 2.48. The van der Waals surface area contributed by atoms with E-state index < -0.39 is 36.0 Å². The molecular weight excluding hydrogens is 452 g/mol. The molecule has 35 heavy (non-hydrogen) atoms. The number of rotatable bonds is 3. The van der Waals surface area contributed by atoms with Crippen LogP contribution in [0.3, 0.4) is 0 Å². The lowest BCUT2D eigenvalue weighted by molar-refractivity contribution is -0.137. The molecule has 0 aromatic carbocycles. The maximum atomic E-state index is 12.2. The van der Waals surface area contributed by atoms with Crippen molar-refractivity contribution >= 4 is 22.9 Å². The average Bonchev–Trinajstić information content (AvgIpc) is 3.40. The highest BCUT2D eigenvalue weighted by Crippen LogP contribution is 2.45. The summed E-state index contributed by atoms with van der Waals surface area (Å²) in [4.78, 5) is 25.2. The van der Waals surface area contributed by atoms with Crippen LogP contribution >= 0.6 is 0 Å². The molecule has 0 bridgehead atoms. The van der Waals surface area contributed by atoms with Crippen LogP contribution in [-0.4, -0.2) is 71.2 Å². The summed E-state index contributed by atoms with van der Waals surface area (Å²) in [7, 11) is 0. The molecule has 1 aliphatic heterocycles. The molecule has 2 aromatic heterocycles. The quantitative estimate of drug-likeness (QED) is 0.383. The number of hydrogen-bond donors (Lipinski definition) is 5. The van der Waals surface area contributed by atoms with Crippen LogP contribution in [0.1, 0.15) is 63.9 Å². The van der Waals surface area contributed by atoms with Crippen molar-refractivity contribution in [3.63, 3.8) is 0 Å². The highest BCUT2D eigenvalue weighted by atomic mass is 16.6. The summed E-state index contributed by atoms with van der Waals surface area (Å²) in [6.45, 7) is 2.11. The van der Waals surface area contributed by atoms with Crippen LogP contribution in [0.2, 0.25) is 0 Å². The van der Waals surface area contributed by atoms with Crippen LogP contribution in [0.5, 0.6) is 0 Å². The van der Waals surface area contributed by atoms with Crippen LogP contribution in [0.25, 0.3) is 11.2 Å². The number of anilines is 1. The smallest absolute Gasteiger partial charge is 0.252 e. The van der Waals surface area contributed by atoms with Gasteiger partial charge in [-0.25, -0.2) is 15.0 Å². The first-order valence-corrected chi connectivity index (χ1v) is 12.4. The second-order valence-corrected chi connectivity index (χ2v) is 9.80. The number of amides is 1. The van der Waals surface area contributed by atoms with Gasteiger partial charge in [0, 0.05) is 12.5 Å². The topological polar surface area (TPSA) is 169 Å². The van der Waals surface area contributed by atoms with Gasteiger partial charge >= 0.3 is 0 Å². The average molecular weight is 485 g/mol. The van der Waals surface area contributed by atoms with Crippen molar-refractivity contribution < 1.29 is 24.9 Å². The van der Waals surface area contributed by atoms with Crippen molar-refractivity contribution in [1.29, 1.82) is 0 Å². The number of carbonyl (C=O) groups is 1. The molecule has 3 heterocycles. The van der Waals surface area contributed by atoms with Crippen molar-refractivity contribution in [3.05, 3.63) is 12.2 Å². The summed E-state index contributed by atoms with van der Waals surface area (Å²) in [5, 5.41) is 34.9. The third-order valence-corrected chi connectivity index (χ3v) is 7.62. The zero-order valence-electron chi connectivity index (χ0n) is 19.7. The van der Waals surface area contributed by atoms with E-state index in [1.54, 1.807) is 6.92 Å². The Balaban J connectivity index is 1.46. The summed E-state index contributed by atoms with van der Waals surface area (Å²) >= 11 is 0. The molecular formula is C24H32N6O5. The zero-order chi connectivity index (χ0) is 24.7. The Morgan fingerprint density at radius 2 is 2.03 bits per heavy atom. The predicted molar refractivity (Wildman–Crippen MR) is 125 cm³/mol. The Hall–Kier alpha value is -2.78. The number of nitrogens with zero attached hydrogens (tertiary/aromatic N) is 4. The molecule has 1 saturated heterocycles. The fourth-order valence-electron chi connectivity index (χ4n) is 5.88. The van der Waals surface area contributed by atoms with Crippen LogP contribution in [0, 0.1) is 23.7 Å². The molecule has 5 rings (SSSR count). The third kappa shape index (κ3) is 4.25. The second kappa shape index (κ2) is 9.35. The third-order valence-electron chi connectivity index (χ3n) is 7.62. The summed E-state index contributed by atoms with van der Waals surface area (Å²) in [6, 6.07) is 0. The van der Waals surface area contributed by atoms with E-state index in [9.17, 15) is 20.1 Å². The van der Waals surface area contributed by atoms with Gasteiger partial charge in [0.15, 0.2) is 23.8 Å². The number of imidazole rings is 1. The Kier molecular flexibility index (Phi) is 6.40. The normalized spacial score (nSPS) is 34.7. The van der Waals surface area contributed by atoms with Gasteiger partial charge in [0.05, 0.1) is 6.33 Å². The summed E-state index contributed by atoms with van der Waals surface area (Å²) < 4.78 is 7.11. The van der Waals surface area contributed by atoms with Crippen molar-refractivity contribution in [3.8, 4) is 11.8 Å². The number of aliphatic hydroxyl groups is 3. The van der Waals surface area contributed by atoms with E-state index in [1.807, 2.05) is 0 Å². The first-order chi connectivity index (χ1) is 16.8. The van der Waals surface area contributed by atoms with E-state index in [1.165, 1.54) is 17.3 Å². The van der Waals surface area contributed by atoms with Gasteiger partial charge in [-0.15, -0.1) is 0 Å². The number of aliphatic hydroxyl groups excluding tert-OH is 2. The minimum atomic E-state index is -1.42. The Bertz CT molecular complexity index is 1170. The molecule has 11 nitrogen and oxygen atoms in total. The molecule has 3 fully saturated rings. The number of ether oxygens (including phenoxy) is 1. The Morgan fingerprint density at radius 1 is 1.26 bits per heavy atom. The maximum absolute atomic E-state index is 12.2. The molecule has 0 radical (unpaired) electrons. The van der Waals surface area contributed by atoms with Gasteiger partial charge in [-0.3, -0.25) is 9.36 Å². The van der Waals surface area contributed by atoms with Gasteiger partial charge < -0.3 is 31.1 Å². The summed E-state index contributed by atoms with van der Waals surface area (Å²) in [6.07, 6.45) is 3.31. The van der Waals surface area contributed by atoms with Crippen LogP contribution in [-0.2, 0) is 9.53 Å². The number of aromatic nitrogens is 4. The minimum absolute atomic E-state index is 0.0949. The number of nitrogen functional groups attached to an aromatic ring is 1. The molecule has 2 aromatic rings. The van der Waals surface area contributed by atoms with Gasteiger partial charge in [0.2, 0.25) is 5.82 Å². The van der Waals surface area contributed by atoms with Crippen molar-refractivity contribution in [2.75, 3.05) is 12.3 Å². The Labute approximate surface area is 203 Å². The molecule has 6 N–H and O–H groups in total. The van der Waals surface area contributed by atoms with Crippen LogP contribution < -0.4 is 11.1 Å². The largest absolute Gasteiger partial charge is 0.387 e. The molecule has 7 atom stereocenters. The number of hydrogen-bond acceptors (Lipinski definition) is 9. The maximum Gasteiger partial charge on any atom is 0.252 e. The van der Waals surface area contributed by atoms with Crippen molar-refractivity contribution in [2.45, 2.75) is 82.0 Å². The van der Waals surface area contributed by atoms with Gasteiger partial charge in [0.25, 0.3) is 5.91 Å². The number of nitrogens with two attached hydrogens (primary N) is 1. The highest BCUT2D eigenvalue weighted by molar-refractivity contribution is 5.83. The van der Waals surface area contributed by atoms with E-state index in [-0.39, 0.29) is 28.7 Å². The summed E-state index contributed by atoms with van der Waals surface area (Å²) in [5.74, 6) is 6.34. The predicted octanol–water partition coefficient (Wildman–Crippen LogP) is 0.237. The van der Waals surface area contributed by atoms with Gasteiger partial charge in [-0.05, 0) is 44.4 Å². The lowest BCUT2D eigenvalue weighted by atomic mass is 9.63. The van der Waals surface area contributed by atoms with Gasteiger partial charge in [0.1, 0.15) is 23.3 Å². The van der Waals surface area contributed by atoms with E-state index >= 15 is 0 Å². The first-order valence-electron chi connectivity index (χ1n) is 12.4. The molecule has 2 aliphatic carbocycles. The Morgan fingerprint density at radius 3 is 2.83 bits per heavy atom. The lowest BCUT2D eigenvalue weighted by Gasteiger charge is -2.44.